The zero-order valence-corrected chi connectivity index (χ0v) is 11.2. The normalized spacial score (nSPS) is 11.0. The van der Waals surface area contributed by atoms with Gasteiger partial charge in [-0.25, -0.2) is 0 Å². The fourth-order valence-electron chi connectivity index (χ4n) is 2.05. The molecule has 0 unspecified atom stereocenters. The number of pyridine rings is 1. The van der Waals surface area contributed by atoms with Crippen LogP contribution in [0.2, 0.25) is 0 Å². The molecule has 5 heteroatoms. The minimum absolute atomic E-state index is 0.875. The Hall–Kier alpha value is -2.53. The highest BCUT2D eigenvalue weighted by Crippen LogP contribution is 2.31. The second-order valence-electron chi connectivity index (χ2n) is 4.33. The molecule has 0 aliphatic heterocycles. The molecule has 0 spiro atoms. The van der Waals surface area contributed by atoms with Gasteiger partial charge in [0.05, 0.1) is 6.26 Å². The summed E-state index contributed by atoms with van der Waals surface area (Å²) in [5.74, 6) is 0. The van der Waals surface area contributed by atoms with Crippen molar-refractivity contribution < 1.29 is 4.42 Å². The Balaban J connectivity index is 1.77. The molecule has 4 rings (SSSR count). The van der Waals surface area contributed by atoms with E-state index in [9.17, 15) is 0 Å². The van der Waals surface area contributed by atoms with Crippen LogP contribution in [0.25, 0.3) is 32.1 Å². The Morgan fingerprint density at radius 3 is 2.70 bits per heavy atom. The summed E-state index contributed by atoms with van der Waals surface area (Å²) in [6.45, 7) is 0. The third kappa shape index (κ3) is 1.88. The van der Waals surface area contributed by atoms with Gasteiger partial charge in [0, 0.05) is 28.9 Å². The van der Waals surface area contributed by atoms with E-state index in [1.54, 1.807) is 30.0 Å². The Bertz CT molecular complexity index is 867. The summed E-state index contributed by atoms with van der Waals surface area (Å²) >= 11 is 1.56. The fourth-order valence-corrected chi connectivity index (χ4v) is 2.88. The van der Waals surface area contributed by atoms with Crippen molar-refractivity contribution in [2.45, 2.75) is 0 Å². The van der Waals surface area contributed by atoms with E-state index in [0.29, 0.717) is 0 Å². The van der Waals surface area contributed by atoms with Crippen LogP contribution in [0.3, 0.4) is 0 Å². The second kappa shape index (κ2) is 4.54. The van der Waals surface area contributed by atoms with Crippen molar-refractivity contribution in [3.05, 3.63) is 55.1 Å². The number of hydrogen-bond donors (Lipinski definition) is 0. The average Bonchev–Trinajstić information content (AvgIpc) is 3.16. The molecule has 0 atom stereocenters. The molecule has 3 heterocycles. The van der Waals surface area contributed by atoms with Gasteiger partial charge >= 0.3 is 0 Å². The lowest BCUT2D eigenvalue weighted by Crippen LogP contribution is -1.78. The van der Waals surface area contributed by atoms with Crippen LogP contribution in [0.15, 0.2) is 59.5 Å². The van der Waals surface area contributed by atoms with Gasteiger partial charge in [-0.05, 0) is 36.4 Å². The van der Waals surface area contributed by atoms with Gasteiger partial charge in [-0.15, -0.1) is 10.2 Å². The summed E-state index contributed by atoms with van der Waals surface area (Å²) in [5.41, 5.74) is 2.91. The molecule has 0 saturated heterocycles. The highest BCUT2D eigenvalue weighted by molar-refractivity contribution is 7.17. The summed E-state index contributed by atoms with van der Waals surface area (Å²) in [6, 6.07) is 11.8. The summed E-state index contributed by atoms with van der Waals surface area (Å²) in [7, 11) is 0. The van der Waals surface area contributed by atoms with Crippen LogP contribution in [-0.4, -0.2) is 15.2 Å². The second-order valence-corrected chi connectivity index (χ2v) is 5.30. The van der Waals surface area contributed by atoms with Crippen molar-refractivity contribution in [2.24, 2.45) is 0 Å². The van der Waals surface area contributed by atoms with Crippen molar-refractivity contribution in [2.75, 3.05) is 0 Å². The molecule has 0 bridgehead atoms. The Morgan fingerprint density at radius 1 is 0.950 bits per heavy atom. The van der Waals surface area contributed by atoms with Crippen molar-refractivity contribution in [1.29, 1.82) is 0 Å². The SMILES string of the molecule is c1cncc(-c2nnc(-c3ccc4occc4c3)s2)c1. The van der Waals surface area contributed by atoms with E-state index in [4.69, 9.17) is 4.42 Å². The molecule has 20 heavy (non-hydrogen) atoms. The minimum atomic E-state index is 0.875. The quantitative estimate of drug-likeness (QED) is 0.556. The van der Waals surface area contributed by atoms with Crippen LogP contribution in [0.4, 0.5) is 0 Å². The van der Waals surface area contributed by atoms with Gasteiger partial charge in [-0.1, -0.05) is 11.3 Å². The molecule has 0 N–H and O–H groups in total. The third-order valence-corrected chi connectivity index (χ3v) is 4.05. The molecule has 0 radical (unpaired) electrons. The zero-order chi connectivity index (χ0) is 13.4. The predicted octanol–water partition coefficient (Wildman–Crippen LogP) is 4.01. The topological polar surface area (TPSA) is 51.8 Å². The van der Waals surface area contributed by atoms with Crippen LogP contribution in [0.5, 0.6) is 0 Å². The lowest BCUT2D eigenvalue weighted by atomic mass is 10.2. The molecule has 0 aliphatic rings. The first kappa shape index (κ1) is 11.3. The first-order valence-electron chi connectivity index (χ1n) is 6.12. The first-order valence-corrected chi connectivity index (χ1v) is 6.93. The van der Waals surface area contributed by atoms with Gasteiger partial charge in [-0.3, -0.25) is 4.98 Å². The zero-order valence-electron chi connectivity index (χ0n) is 10.4. The number of nitrogens with zero attached hydrogens (tertiary/aromatic N) is 3. The number of hydrogen-bond acceptors (Lipinski definition) is 5. The van der Waals surface area contributed by atoms with E-state index in [1.807, 2.05) is 30.3 Å². The summed E-state index contributed by atoms with van der Waals surface area (Å²) in [6.07, 6.45) is 5.23. The number of fused-ring (bicyclic) bond motifs is 1. The van der Waals surface area contributed by atoms with Crippen molar-refractivity contribution >= 4 is 22.3 Å². The maximum Gasteiger partial charge on any atom is 0.149 e. The van der Waals surface area contributed by atoms with Crippen LogP contribution in [0, 0.1) is 0 Å². The fraction of sp³-hybridized carbons (Fsp3) is 0. The highest BCUT2D eigenvalue weighted by atomic mass is 32.1. The van der Waals surface area contributed by atoms with E-state index in [2.05, 4.69) is 21.2 Å². The van der Waals surface area contributed by atoms with E-state index in [0.717, 1.165) is 32.1 Å². The smallest absolute Gasteiger partial charge is 0.149 e. The Kier molecular flexibility index (Phi) is 2.57. The molecule has 0 amide bonds. The van der Waals surface area contributed by atoms with E-state index in [1.165, 1.54) is 0 Å². The maximum atomic E-state index is 5.34. The number of aromatic nitrogens is 3. The summed E-state index contributed by atoms with van der Waals surface area (Å²) < 4.78 is 5.34. The lowest BCUT2D eigenvalue weighted by molar-refractivity contribution is 0.616. The lowest BCUT2D eigenvalue weighted by Gasteiger charge is -1.95. The Morgan fingerprint density at radius 2 is 1.85 bits per heavy atom. The molecule has 4 nitrogen and oxygen atoms in total. The molecular weight excluding hydrogens is 270 g/mol. The standard InChI is InChI=1S/C15H9N3OS/c1-2-12(9-16-6-1)15-18-17-14(20-15)11-3-4-13-10(8-11)5-7-19-13/h1-9H. The number of furan rings is 1. The van der Waals surface area contributed by atoms with Crippen molar-refractivity contribution in [3.63, 3.8) is 0 Å². The van der Waals surface area contributed by atoms with Crippen molar-refractivity contribution in [1.82, 2.24) is 15.2 Å². The maximum absolute atomic E-state index is 5.34. The Labute approximate surface area is 118 Å². The number of benzene rings is 1. The summed E-state index contributed by atoms with van der Waals surface area (Å²) in [4.78, 5) is 4.10. The molecular formula is C15H9N3OS. The van der Waals surface area contributed by atoms with E-state index in [-0.39, 0.29) is 0 Å². The van der Waals surface area contributed by atoms with E-state index >= 15 is 0 Å². The van der Waals surface area contributed by atoms with Crippen LogP contribution in [0.1, 0.15) is 0 Å². The minimum Gasteiger partial charge on any atom is -0.464 e. The largest absolute Gasteiger partial charge is 0.464 e. The van der Waals surface area contributed by atoms with Crippen molar-refractivity contribution in [3.8, 4) is 21.1 Å². The van der Waals surface area contributed by atoms with Crippen LogP contribution in [-0.2, 0) is 0 Å². The number of rotatable bonds is 2. The van der Waals surface area contributed by atoms with Gasteiger partial charge in [0.25, 0.3) is 0 Å². The van der Waals surface area contributed by atoms with Gasteiger partial charge in [0.15, 0.2) is 0 Å². The van der Waals surface area contributed by atoms with E-state index < -0.39 is 0 Å². The first-order chi connectivity index (χ1) is 9.90. The molecule has 4 aromatic rings. The average molecular weight is 279 g/mol. The van der Waals surface area contributed by atoms with Crippen LogP contribution >= 0.6 is 11.3 Å². The molecule has 3 aromatic heterocycles. The third-order valence-electron chi connectivity index (χ3n) is 3.03. The molecule has 0 fully saturated rings. The molecule has 96 valence electrons. The molecule has 1 aromatic carbocycles. The van der Waals surface area contributed by atoms with Gasteiger partial charge in [-0.2, -0.15) is 0 Å². The predicted molar refractivity (Wildman–Crippen MR) is 78.3 cm³/mol. The summed E-state index contributed by atoms with van der Waals surface area (Å²) in [5, 5.41) is 11.3. The van der Waals surface area contributed by atoms with Gasteiger partial charge < -0.3 is 4.42 Å². The van der Waals surface area contributed by atoms with Gasteiger partial charge in [0.1, 0.15) is 15.6 Å². The van der Waals surface area contributed by atoms with Gasteiger partial charge in [0.2, 0.25) is 0 Å². The van der Waals surface area contributed by atoms with Crippen LogP contribution < -0.4 is 0 Å². The molecule has 0 aliphatic carbocycles. The molecule has 0 saturated carbocycles. The monoisotopic (exact) mass is 279 g/mol. The highest BCUT2D eigenvalue weighted by Gasteiger charge is 2.09.